The van der Waals surface area contributed by atoms with E-state index >= 15 is 0 Å². The third kappa shape index (κ3) is 7.47. The van der Waals surface area contributed by atoms with Crippen LogP contribution in [0.3, 0.4) is 0 Å². The van der Waals surface area contributed by atoms with Gasteiger partial charge in [-0.15, -0.1) is 0 Å². The lowest BCUT2D eigenvalue weighted by Gasteiger charge is -2.20. The van der Waals surface area contributed by atoms with E-state index in [-0.39, 0.29) is 24.5 Å². The number of hydrogen-bond donors (Lipinski definition) is 2. The SMILES string of the molecule is CC(C)(C)NC(=O)CNCCF. The predicted octanol–water partition coefficient (Wildman–Crippen LogP) is 0.460. The standard InChI is InChI=1S/C8H17FN2O/c1-8(2,3)11-7(12)6-10-5-4-9/h10H,4-6H2,1-3H3,(H,11,12). The highest BCUT2D eigenvalue weighted by molar-refractivity contribution is 5.78. The van der Waals surface area contributed by atoms with E-state index in [0.29, 0.717) is 0 Å². The molecule has 0 unspecified atom stereocenters. The molecule has 72 valence electrons. The number of alkyl halides is 1. The quantitative estimate of drug-likeness (QED) is 0.611. The molecule has 4 heteroatoms. The summed E-state index contributed by atoms with van der Waals surface area (Å²) in [5.41, 5.74) is -0.214. The van der Waals surface area contributed by atoms with Crippen molar-refractivity contribution in [2.75, 3.05) is 19.8 Å². The Morgan fingerprint density at radius 2 is 2.00 bits per heavy atom. The molecule has 0 spiro atoms. The van der Waals surface area contributed by atoms with Gasteiger partial charge in [-0.2, -0.15) is 0 Å². The zero-order valence-electron chi connectivity index (χ0n) is 7.91. The highest BCUT2D eigenvalue weighted by Crippen LogP contribution is 1.96. The van der Waals surface area contributed by atoms with E-state index in [1.165, 1.54) is 0 Å². The van der Waals surface area contributed by atoms with Crippen LogP contribution in [-0.4, -0.2) is 31.2 Å². The van der Waals surface area contributed by atoms with E-state index in [1.54, 1.807) is 0 Å². The molecule has 3 nitrogen and oxygen atoms in total. The first-order valence-corrected chi connectivity index (χ1v) is 4.03. The topological polar surface area (TPSA) is 41.1 Å². The van der Waals surface area contributed by atoms with Gasteiger partial charge in [0.05, 0.1) is 6.54 Å². The van der Waals surface area contributed by atoms with Crippen molar-refractivity contribution in [3.63, 3.8) is 0 Å². The molecule has 0 aliphatic rings. The minimum Gasteiger partial charge on any atom is -0.350 e. The maximum atomic E-state index is 11.6. The monoisotopic (exact) mass is 176 g/mol. The first-order chi connectivity index (χ1) is 5.45. The first-order valence-electron chi connectivity index (χ1n) is 4.03. The van der Waals surface area contributed by atoms with E-state index in [0.717, 1.165) is 0 Å². The van der Waals surface area contributed by atoms with Gasteiger partial charge in [-0.05, 0) is 20.8 Å². The van der Waals surface area contributed by atoms with Crippen molar-refractivity contribution >= 4 is 5.91 Å². The van der Waals surface area contributed by atoms with Gasteiger partial charge < -0.3 is 10.6 Å². The highest BCUT2D eigenvalue weighted by Gasteiger charge is 2.12. The summed E-state index contributed by atoms with van der Waals surface area (Å²) < 4.78 is 11.6. The summed E-state index contributed by atoms with van der Waals surface area (Å²) in [6.07, 6.45) is 0. The van der Waals surface area contributed by atoms with Gasteiger partial charge in [-0.3, -0.25) is 4.79 Å². The zero-order valence-corrected chi connectivity index (χ0v) is 7.91. The molecule has 0 saturated carbocycles. The fourth-order valence-corrected chi connectivity index (χ4v) is 0.731. The molecule has 0 radical (unpaired) electrons. The summed E-state index contributed by atoms with van der Waals surface area (Å²) in [5.74, 6) is -0.101. The Morgan fingerprint density at radius 3 is 2.42 bits per heavy atom. The van der Waals surface area contributed by atoms with Gasteiger partial charge in [0, 0.05) is 12.1 Å². The zero-order chi connectivity index (χ0) is 9.61. The normalized spacial score (nSPS) is 11.3. The van der Waals surface area contributed by atoms with E-state index in [4.69, 9.17) is 0 Å². The fourth-order valence-electron chi connectivity index (χ4n) is 0.731. The first kappa shape index (κ1) is 11.4. The second kappa shape index (κ2) is 5.09. The molecule has 0 fully saturated rings. The summed E-state index contributed by atoms with van der Waals surface area (Å²) in [6.45, 7) is 5.68. The van der Waals surface area contributed by atoms with Crippen molar-refractivity contribution in [3.05, 3.63) is 0 Å². The summed E-state index contributed by atoms with van der Waals surface area (Å²) >= 11 is 0. The third-order valence-corrected chi connectivity index (χ3v) is 1.07. The molecule has 0 bridgehead atoms. The van der Waals surface area contributed by atoms with E-state index in [9.17, 15) is 9.18 Å². The van der Waals surface area contributed by atoms with Gasteiger partial charge in [-0.1, -0.05) is 0 Å². The lowest BCUT2D eigenvalue weighted by atomic mass is 10.1. The van der Waals surface area contributed by atoms with Crippen LogP contribution in [0.2, 0.25) is 0 Å². The molecule has 12 heavy (non-hydrogen) atoms. The van der Waals surface area contributed by atoms with Crippen LogP contribution in [0.15, 0.2) is 0 Å². The van der Waals surface area contributed by atoms with Crippen LogP contribution in [0, 0.1) is 0 Å². The van der Waals surface area contributed by atoms with Gasteiger partial charge >= 0.3 is 0 Å². The minimum atomic E-state index is -0.442. The predicted molar refractivity (Wildman–Crippen MR) is 46.7 cm³/mol. The van der Waals surface area contributed by atoms with Crippen LogP contribution < -0.4 is 10.6 Å². The van der Waals surface area contributed by atoms with Crippen molar-refractivity contribution in [2.45, 2.75) is 26.3 Å². The summed E-state index contributed by atoms with van der Waals surface area (Å²) in [4.78, 5) is 11.0. The van der Waals surface area contributed by atoms with Crippen LogP contribution in [0.25, 0.3) is 0 Å². The summed E-state index contributed by atoms with van der Waals surface area (Å²) in [7, 11) is 0. The van der Waals surface area contributed by atoms with Crippen LogP contribution in [0.4, 0.5) is 4.39 Å². The maximum Gasteiger partial charge on any atom is 0.234 e. The van der Waals surface area contributed by atoms with Crippen molar-refractivity contribution < 1.29 is 9.18 Å². The summed E-state index contributed by atoms with van der Waals surface area (Å²) in [6, 6.07) is 0. The molecule has 2 N–H and O–H groups in total. The molecule has 0 aliphatic heterocycles. The van der Waals surface area contributed by atoms with Gasteiger partial charge in [0.25, 0.3) is 0 Å². The van der Waals surface area contributed by atoms with Crippen molar-refractivity contribution in [3.8, 4) is 0 Å². The largest absolute Gasteiger partial charge is 0.350 e. The van der Waals surface area contributed by atoms with E-state index in [2.05, 4.69) is 10.6 Å². The average molecular weight is 176 g/mol. The lowest BCUT2D eigenvalue weighted by Crippen LogP contribution is -2.45. The molecule has 0 rings (SSSR count). The van der Waals surface area contributed by atoms with E-state index < -0.39 is 6.67 Å². The Labute approximate surface area is 72.7 Å². The van der Waals surface area contributed by atoms with Crippen LogP contribution >= 0.6 is 0 Å². The highest BCUT2D eigenvalue weighted by atomic mass is 19.1. The molecular weight excluding hydrogens is 159 g/mol. The lowest BCUT2D eigenvalue weighted by molar-refractivity contribution is -0.121. The molecule has 0 saturated heterocycles. The maximum absolute atomic E-state index is 11.6. The van der Waals surface area contributed by atoms with Gasteiger partial charge in [-0.25, -0.2) is 4.39 Å². The van der Waals surface area contributed by atoms with Crippen LogP contribution in [-0.2, 0) is 4.79 Å². The van der Waals surface area contributed by atoms with Gasteiger partial charge in [0.1, 0.15) is 6.67 Å². The second-order valence-electron chi connectivity index (χ2n) is 3.66. The number of hydrogen-bond acceptors (Lipinski definition) is 2. The van der Waals surface area contributed by atoms with Crippen molar-refractivity contribution in [1.82, 2.24) is 10.6 Å². The van der Waals surface area contributed by atoms with Gasteiger partial charge in [0.15, 0.2) is 0 Å². The average Bonchev–Trinajstić information content (AvgIpc) is 1.84. The number of carbonyl (C=O) groups is 1. The molecule has 0 heterocycles. The molecular formula is C8H17FN2O. The minimum absolute atomic E-state index is 0.101. The molecule has 0 aromatic carbocycles. The van der Waals surface area contributed by atoms with Gasteiger partial charge in [0.2, 0.25) is 5.91 Å². The van der Waals surface area contributed by atoms with Crippen molar-refractivity contribution in [2.24, 2.45) is 0 Å². The number of halogens is 1. The fraction of sp³-hybridized carbons (Fsp3) is 0.875. The molecule has 0 aromatic heterocycles. The molecule has 1 amide bonds. The molecule has 0 atom stereocenters. The molecule has 0 aliphatic carbocycles. The Kier molecular flexibility index (Phi) is 4.81. The van der Waals surface area contributed by atoms with Crippen LogP contribution in [0.5, 0.6) is 0 Å². The Hall–Kier alpha value is -0.640. The number of nitrogens with one attached hydrogen (secondary N) is 2. The Bertz CT molecular complexity index is 142. The molecule has 0 aromatic rings. The van der Waals surface area contributed by atoms with Crippen LogP contribution in [0.1, 0.15) is 20.8 Å². The Balaban J connectivity index is 3.47. The Morgan fingerprint density at radius 1 is 1.42 bits per heavy atom. The second-order valence-corrected chi connectivity index (χ2v) is 3.66. The number of rotatable bonds is 4. The number of amides is 1. The van der Waals surface area contributed by atoms with Crippen molar-refractivity contribution in [1.29, 1.82) is 0 Å². The smallest absolute Gasteiger partial charge is 0.234 e. The number of carbonyl (C=O) groups excluding carboxylic acids is 1. The summed E-state index contributed by atoms with van der Waals surface area (Å²) in [5, 5.41) is 5.42. The van der Waals surface area contributed by atoms with E-state index in [1.807, 2.05) is 20.8 Å². The third-order valence-electron chi connectivity index (χ3n) is 1.07.